The maximum atomic E-state index is 13.5. The highest BCUT2D eigenvalue weighted by molar-refractivity contribution is 9.10. The normalized spacial score (nSPS) is 13.8. The molecule has 0 spiro atoms. The predicted molar refractivity (Wildman–Crippen MR) is 52.4 cm³/mol. The average molecular weight is 263 g/mol. The highest BCUT2D eigenvalue weighted by Gasteiger charge is 2.09. The van der Waals surface area contributed by atoms with E-state index in [1.54, 1.807) is 12.3 Å². The molecule has 0 fully saturated rings. The van der Waals surface area contributed by atoms with Crippen molar-refractivity contribution in [2.45, 2.75) is 0 Å². The molecule has 1 aliphatic heterocycles. The van der Waals surface area contributed by atoms with Gasteiger partial charge in [0, 0.05) is 10.7 Å². The molecule has 1 heterocycles. The van der Waals surface area contributed by atoms with Crippen molar-refractivity contribution in [3.05, 3.63) is 32.0 Å². The van der Waals surface area contributed by atoms with Crippen molar-refractivity contribution in [3.8, 4) is 0 Å². The molecule has 1 aromatic rings. The Morgan fingerprint density at radius 1 is 1.62 bits per heavy atom. The molecule has 0 atom stereocenters. The van der Waals surface area contributed by atoms with Crippen LogP contribution in [0, 0.1) is 5.82 Å². The van der Waals surface area contributed by atoms with Crippen LogP contribution in [0.5, 0.6) is 0 Å². The number of nitrogens with one attached hydrogen (secondary N) is 1. The van der Waals surface area contributed by atoms with E-state index in [0.717, 1.165) is 0 Å². The molecule has 13 heavy (non-hydrogen) atoms. The molecule has 68 valence electrons. The van der Waals surface area contributed by atoms with E-state index in [9.17, 15) is 4.39 Å². The van der Waals surface area contributed by atoms with Crippen molar-refractivity contribution in [1.82, 2.24) is 5.32 Å². The van der Waals surface area contributed by atoms with Crippen molar-refractivity contribution in [2.75, 3.05) is 6.67 Å². The van der Waals surface area contributed by atoms with Crippen LogP contribution in [0.25, 0.3) is 6.20 Å². The highest BCUT2D eigenvalue weighted by atomic mass is 79.9. The molecule has 0 aromatic heterocycles. The van der Waals surface area contributed by atoms with Gasteiger partial charge in [-0.15, -0.1) is 0 Å². The molecule has 5 heteroatoms. The van der Waals surface area contributed by atoms with Crippen LogP contribution in [0.15, 0.2) is 15.5 Å². The van der Waals surface area contributed by atoms with Gasteiger partial charge < -0.3 is 5.32 Å². The van der Waals surface area contributed by atoms with Gasteiger partial charge in [0.15, 0.2) is 5.82 Å². The quantitative estimate of drug-likeness (QED) is 0.698. The Bertz CT molecular complexity index is 472. The second kappa shape index (κ2) is 3.27. The predicted octanol–water partition coefficient (Wildman–Crippen LogP) is 1.16. The minimum atomic E-state index is -0.443. The molecule has 2 rings (SSSR count). The van der Waals surface area contributed by atoms with Crippen molar-refractivity contribution in [3.63, 3.8) is 0 Å². The topological polar surface area (TPSA) is 24.4 Å². The van der Waals surface area contributed by atoms with Crippen LogP contribution in [0.4, 0.5) is 4.39 Å². The molecular weight excluding hydrogens is 258 g/mol. The van der Waals surface area contributed by atoms with Crippen molar-refractivity contribution in [1.29, 1.82) is 0 Å². The molecule has 0 saturated heterocycles. The molecule has 0 unspecified atom stereocenters. The third kappa shape index (κ3) is 1.44. The number of hydrogen-bond donors (Lipinski definition) is 1. The molecule has 0 aliphatic carbocycles. The fourth-order valence-electron chi connectivity index (χ4n) is 1.14. The fraction of sp³-hybridized carbons (Fsp3) is 0.125. The molecule has 1 aliphatic rings. The van der Waals surface area contributed by atoms with E-state index in [4.69, 9.17) is 11.6 Å². The van der Waals surface area contributed by atoms with E-state index in [2.05, 4.69) is 26.2 Å². The Labute approximate surface area is 87.2 Å². The van der Waals surface area contributed by atoms with Crippen molar-refractivity contribution < 1.29 is 4.39 Å². The lowest BCUT2D eigenvalue weighted by atomic mass is 10.2. The number of hydrogen-bond acceptors (Lipinski definition) is 2. The lowest BCUT2D eigenvalue weighted by Gasteiger charge is -2.05. The molecular formula is C8H5BrClFN2. The van der Waals surface area contributed by atoms with Crippen molar-refractivity contribution in [2.24, 2.45) is 4.99 Å². The van der Waals surface area contributed by atoms with Gasteiger partial charge in [0.05, 0.1) is 15.6 Å². The molecule has 0 amide bonds. The summed E-state index contributed by atoms with van der Waals surface area (Å²) in [4.78, 5) is 4.08. The van der Waals surface area contributed by atoms with Gasteiger partial charge in [-0.2, -0.15) is 0 Å². The first-order valence-electron chi connectivity index (χ1n) is 3.62. The number of fused-ring (bicyclic) bond motifs is 1. The van der Waals surface area contributed by atoms with Crippen LogP contribution in [0.3, 0.4) is 0 Å². The third-order valence-corrected chi connectivity index (χ3v) is 2.99. The SMILES string of the molecule is Fc1c(Cl)c(Br)cc2c1=CNCN=2. The summed E-state index contributed by atoms with van der Waals surface area (Å²) >= 11 is 8.86. The average Bonchev–Trinajstić information content (AvgIpc) is 2.15. The van der Waals surface area contributed by atoms with Crippen molar-refractivity contribution >= 4 is 33.7 Å². The summed E-state index contributed by atoms with van der Waals surface area (Å²) in [7, 11) is 0. The largest absolute Gasteiger partial charge is 0.372 e. The summed E-state index contributed by atoms with van der Waals surface area (Å²) in [6.07, 6.45) is 1.58. The summed E-state index contributed by atoms with van der Waals surface area (Å²) in [6, 6.07) is 1.71. The van der Waals surface area contributed by atoms with Gasteiger partial charge in [-0.25, -0.2) is 4.39 Å². The first kappa shape index (κ1) is 8.97. The van der Waals surface area contributed by atoms with E-state index in [0.29, 0.717) is 21.7 Å². The highest BCUT2D eigenvalue weighted by Crippen LogP contribution is 2.20. The van der Waals surface area contributed by atoms with E-state index < -0.39 is 5.82 Å². The Morgan fingerprint density at radius 3 is 3.15 bits per heavy atom. The Morgan fingerprint density at radius 2 is 2.38 bits per heavy atom. The monoisotopic (exact) mass is 262 g/mol. The van der Waals surface area contributed by atoms with Crippen LogP contribution < -0.4 is 15.9 Å². The second-order valence-corrected chi connectivity index (χ2v) is 3.82. The maximum Gasteiger partial charge on any atom is 0.153 e. The number of halogens is 3. The number of nitrogens with zero attached hydrogens (tertiary/aromatic N) is 1. The molecule has 2 nitrogen and oxygen atoms in total. The van der Waals surface area contributed by atoms with Crippen LogP contribution in [0.1, 0.15) is 0 Å². The van der Waals surface area contributed by atoms with Gasteiger partial charge in [0.1, 0.15) is 6.67 Å². The zero-order chi connectivity index (χ0) is 9.42. The van der Waals surface area contributed by atoms with Gasteiger partial charge in [0.25, 0.3) is 0 Å². The molecule has 0 saturated carbocycles. The summed E-state index contributed by atoms with van der Waals surface area (Å²) in [6.45, 7) is 0.473. The lowest BCUT2D eigenvalue weighted by molar-refractivity contribution is 0.611. The molecule has 0 bridgehead atoms. The van der Waals surface area contributed by atoms with Gasteiger partial charge in [-0.1, -0.05) is 11.6 Å². The van der Waals surface area contributed by atoms with E-state index in [1.807, 2.05) is 0 Å². The van der Waals surface area contributed by atoms with E-state index in [1.165, 1.54) is 0 Å². The fourth-order valence-corrected chi connectivity index (χ4v) is 1.69. The summed E-state index contributed by atoms with van der Waals surface area (Å²) < 4.78 is 14.0. The standard InChI is InChI=1S/C8H5BrClFN2/c9-5-1-6-4(2-12-3-13-6)8(11)7(5)10/h1-2,12H,3H2. The number of rotatable bonds is 0. The van der Waals surface area contributed by atoms with E-state index >= 15 is 0 Å². The molecule has 0 radical (unpaired) electrons. The lowest BCUT2D eigenvalue weighted by Crippen LogP contribution is -2.36. The summed E-state index contributed by atoms with van der Waals surface area (Å²) in [5.41, 5.74) is 0. The maximum absolute atomic E-state index is 13.5. The first-order chi connectivity index (χ1) is 6.20. The van der Waals surface area contributed by atoms with Crippen LogP contribution >= 0.6 is 27.5 Å². The Hall–Kier alpha value is -0.610. The smallest absolute Gasteiger partial charge is 0.153 e. The third-order valence-electron chi connectivity index (χ3n) is 1.77. The second-order valence-electron chi connectivity index (χ2n) is 2.58. The van der Waals surface area contributed by atoms with Gasteiger partial charge >= 0.3 is 0 Å². The van der Waals surface area contributed by atoms with Crippen LogP contribution in [0.2, 0.25) is 5.02 Å². The first-order valence-corrected chi connectivity index (χ1v) is 4.79. The summed E-state index contributed by atoms with van der Waals surface area (Å²) in [5.74, 6) is -0.443. The van der Waals surface area contributed by atoms with Gasteiger partial charge in [-0.05, 0) is 22.0 Å². The molecule has 1 N–H and O–H groups in total. The number of benzene rings is 1. The summed E-state index contributed by atoms with van der Waals surface area (Å²) in [5, 5.41) is 3.95. The van der Waals surface area contributed by atoms with Gasteiger partial charge in [0.2, 0.25) is 0 Å². The minimum absolute atomic E-state index is 0.0916. The zero-order valence-corrected chi connectivity index (χ0v) is 8.78. The zero-order valence-electron chi connectivity index (χ0n) is 6.44. The Balaban J connectivity index is 2.92. The van der Waals surface area contributed by atoms with Gasteiger partial charge in [-0.3, -0.25) is 4.99 Å². The van der Waals surface area contributed by atoms with Crippen LogP contribution in [-0.2, 0) is 0 Å². The van der Waals surface area contributed by atoms with Crippen LogP contribution in [-0.4, -0.2) is 6.67 Å². The Kier molecular flexibility index (Phi) is 2.26. The molecule has 1 aromatic carbocycles. The van der Waals surface area contributed by atoms with E-state index in [-0.39, 0.29) is 5.02 Å². The minimum Gasteiger partial charge on any atom is -0.372 e.